The van der Waals surface area contributed by atoms with Gasteiger partial charge in [0.2, 0.25) is 0 Å². The van der Waals surface area contributed by atoms with Gasteiger partial charge in [-0.1, -0.05) is 96.8 Å². The lowest BCUT2D eigenvalue weighted by Gasteiger charge is -2.33. The summed E-state index contributed by atoms with van der Waals surface area (Å²) in [6.45, 7) is 5.86. The van der Waals surface area contributed by atoms with Gasteiger partial charge in [0.05, 0.1) is 19.8 Å². The van der Waals surface area contributed by atoms with Crippen molar-refractivity contribution in [3.05, 3.63) is 0 Å². The van der Waals surface area contributed by atoms with Crippen LogP contribution in [0.1, 0.15) is 110 Å². The Hall–Kier alpha value is -0.450. The molecule has 0 aliphatic carbocycles. The van der Waals surface area contributed by atoms with Crippen LogP contribution in [0.15, 0.2) is 4.99 Å². The van der Waals surface area contributed by atoms with E-state index in [0.29, 0.717) is 13.1 Å². The Morgan fingerprint density at radius 3 is 1.54 bits per heavy atom. The van der Waals surface area contributed by atoms with Gasteiger partial charge in [0.25, 0.3) is 0 Å². The molecule has 28 heavy (non-hydrogen) atoms. The Bertz CT molecular complexity index is 379. The highest BCUT2D eigenvalue weighted by Crippen LogP contribution is 2.20. The minimum atomic E-state index is 0.178. The summed E-state index contributed by atoms with van der Waals surface area (Å²) < 4.78 is 0.728. The van der Waals surface area contributed by atoms with Crippen molar-refractivity contribution < 1.29 is 14.7 Å². The zero-order chi connectivity index (χ0) is 20.3. The van der Waals surface area contributed by atoms with E-state index in [1.807, 2.05) is 0 Å². The molecule has 0 atom stereocenters. The van der Waals surface area contributed by atoms with E-state index < -0.39 is 0 Å². The van der Waals surface area contributed by atoms with Crippen molar-refractivity contribution in [3.8, 4) is 0 Å². The standard InChI is InChI=1S/C24H49N2O2/c1-2-3-4-5-6-7-8-9-10-11-12-13-14-15-16-17-24-25-18-19-26(24,20-22-27)21-23-28/h27-28H,2-23H2,1H3/q+1. The van der Waals surface area contributed by atoms with Gasteiger partial charge in [-0.15, -0.1) is 0 Å². The van der Waals surface area contributed by atoms with Crippen LogP contribution >= 0.6 is 0 Å². The molecule has 1 rings (SSSR count). The number of unbranched alkanes of at least 4 members (excludes halogenated alkanes) is 14. The van der Waals surface area contributed by atoms with Crippen LogP contribution in [0, 0.1) is 0 Å². The van der Waals surface area contributed by atoms with E-state index in [9.17, 15) is 10.2 Å². The van der Waals surface area contributed by atoms with Crippen LogP contribution in [-0.4, -0.2) is 59.9 Å². The van der Waals surface area contributed by atoms with Gasteiger partial charge in [-0.2, -0.15) is 0 Å². The molecule has 0 aromatic carbocycles. The van der Waals surface area contributed by atoms with Crippen molar-refractivity contribution in [2.24, 2.45) is 4.99 Å². The van der Waals surface area contributed by atoms with Crippen LogP contribution in [0.3, 0.4) is 0 Å². The first-order valence-electron chi connectivity index (χ1n) is 12.4. The van der Waals surface area contributed by atoms with Crippen molar-refractivity contribution in [1.29, 1.82) is 0 Å². The van der Waals surface area contributed by atoms with Gasteiger partial charge in [0.15, 0.2) is 5.84 Å². The SMILES string of the molecule is CCCCCCCCCCCCCCCCCC1=NCC[N+]1(CCO)CCO. The zero-order valence-electron chi connectivity index (χ0n) is 18.8. The van der Waals surface area contributed by atoms with Crippen LogP contribution in [0.2, 0.25) is 0 Å². The lowest BCUT2D eigenvalue weighted by molar-refractivity contribution is -0.837. The maximum Gasteiger partial charge on any atom is 0.198 e. The maximum absolute atomic E-state index is 9.39. The van der Waals surface area contributed by atoms with E-state index in [2.05, 4.69) is 6.92 Å². The largest absolute Gasteiger partial charge is 0.390 e. The van der Waals surface area contributed by atoms with Gasteiger partial charge in [-0.05, 0) is 6.42 Å². The fraction of sp³-hybridized carbons (Fsp3) is 0.958. The van der Waals surface area contributed by atoms with E-state index in [0.717, 1.165) is 24.0 Å². The van der Waals surface area contributed by atoms with Gasteiger partial charge in [0, 0.05) is 6.42 Å². The number of aliphatic hydroxyl groups excluding tert-OH is 2. The lowest BCUT2D eigenvalue weighted by atomic mass is 10.0. The molecule has 0 spiro atoms. The number of quaternary nitrogens is 1. The summed E-state index contributed by atoms with van der Waals surface area (Å²) in [5, 5.41) is 18.8. The molecule has 0 amide bonds. The third-order valence-electron chi connectivity index (χ3n) is 6.43. The fourth-order valence-corrected chi connectivity index (χ4v) is 4.60. The molecule has 1 aliphatic heterocycles. The van der Waals surface area contributed by atoms with Crippen molar-refractivity contribution >= 4 is 5.84 Å². The second-order valence-corrected chi connectivity index (χ2v) is 8.76. The fourth-order valence-electron chi connectivity index (χ4n) is 4.60. The molecule has 0 saturated carbocycles. The highest BCUT2D eigenvalue weighted by Gasteiger charge is 2.36. The van der Waals surface area contributed by atoms with Gasteiger partial charge in [-0.3, -0.25) is 4.48 Å². The molecular weight excluding hydrogens is 348 g/mol. The molecule has 4 nitrogen and oxygen atoms in total. The van der Waals surface area contributed by atoms with Crippen molar-refractivity contribution in [1.82, 2.24) is 0 Å². The highest BCUT2D eigenvalue weighted by molar-refractivity contribution is 5.76. The minimum Gasteiger partial charge on any atom is -0.390 e. The van der Waals surface area contributed by atoms with E-state index in [-0.39, 0.29) is 13.2 Å². The summed E-state index contributed by atoms with van der Waals surface area (Å²) in [4.78, 5) is 4.70. The monoisotopic (exact) mass is 397 g/mol. The molecular formula is C24H49N2O2+. The Kier molecular flexibility index (Phi) is 15.9. The van der Waals surface area contributed by atoms with Crippen molar-refractivity contribution in [2.45, 2.75) is 110 Å². The van der Waals surface area contributed by atoms with Gasteiger partial charge >= 0.3 is 0 Å². The summed E-state index contributed by atoms with van der Waals surface area (Å²) in [5.41, 5.74) is 0. The van der Waals surface area contributed by atoms with Gasteiger partial charge < -0.3 is 10.2 Å². The molecule has 0 radical (unpaired) electrons. The minimum absolute atomic E-state index is 0.178. The average Bonchev–Trinajstić information content (AvgIpc) is 3.07. The first-order chi connectivity index (χ1) is 13.8. The summed E-state index contributed by atoms with van der Waals surface area (Å²) >= 11 is 0. The van der Waals surface area contributed by atoms with Gasteiger partial charge in [0.1, 0.15) is 19.6 Å². The highest BCUT2D eigenvalue weighted by atomic mass is 16.3. The molecule has 1 aliphatic rings. The van der Waals surface area contributed by atoms with Gasteiger partial charge in [-0.25, -0.2) is 4.99 Å². The Morgan fingerprint density at radius 2 is 1.11 bits per heavy atom. The number of amidine groups is 1. The zero-order valence-corrected chi connectivity index (χ0v) is 18.8. The second kappa shape index (κ2) is 17.4. The number of aliphatic imine (C=N–C) groups is 1. The summed E-state index contributed by atoms with van der Waals surface area (Å²) in [5.74, 6) is 1.22. The Labute approximate surface area is 175 Å². The molecule has 0 aromatic heterocycles. The Morgan fingerprint density at radius 1 is 0.679 bits per heavy atom. The molecule has 0 unspecified atom stereocenters. The lowest BCUT2D eigenvalue weighted by Crippen LogP contribution is -2.54. The van der Waals surface area contributed by atoms with E-state index >= 15 is 0 Å². The molecule has 2 N–H and O–H groups in total. The molecule has 166 valence electrons. The summed E-state index contributed by atoms with van der Waals surface area (Å²) in [6.07, 6.45) is 21.9. The summed E-state index contributed by atoms with van der Waals surface area (Å²) in [7, 11) is 0. The van der Waals surface area contributed by atoms with Crippen LogP contribution < -0.4 is 0 Å². The topological polar surface area (TPSA) is 52.8 Å². The van der Waals surface area contributed by atoms with Crippen LogP contribution in [0.5, 0.6) is 0 Å². The van der Waals surface area contributed by atoms with Crippen LogP contribution in [0.4, 0.5) is 0 Å². The molecule has 0 bridgehead atoms. The summed E-state index contributed by atoms with van der Waals surface area (Å²) in [6, 6.07) is 0. The second-order valence-electron chi connectivity index (χ2n) is 8.76. The number of rotatable bonds is 20. The first-order valence-corrected chi connectivity index (χ1v) is 12.4. The predicted octanol–water partition coefficient (Wildman–Crippen LogP) is 5.46. The number of aliphatic hydroxyl groups is 2. The quantitative estimate of drug-likeness (QED) is 0.212. The first kappa shape index (κ1) is 25.6. The smallest absolute Gasteiger partial charge is 0.198 e. The molecule has 1 heterocycles. The van der Waals surface area contributed by atoms with Crippen molar-refractivity contribution in [2.75, 3.05) is 39.4 Å². The van der Waals surface area contributed by atoms with E-state index in [1.54, 1.807) is 0 Å². The molecule has 0 aromatic rings. The number of hydrogen-bond donors (Lipinski definition) is 2. The van der Waals surface area contributed by atoms with Crippen LogP contribution in [-0.2, 0) is 0 Å². The molecule has 0 saturated heterocycles. The van der Waals surface area contributed by atoms with Crippen LogP contribution in [0.25, 0.3) is 0 Å². The molecule has 4 heteroatoms. The number of nitrogens with zero attached hydrogens (tertiary/aromatic N) is 2. The third kappa shape index (κ3) is 10.9. The average molecular weight is 398 g/mol. The predicted molar refractivity (Wildman–Crippen MR) is 121 cm³/mol. The van der Waals surface area contributed by atoms with E-state index in [1.165, 1.54) is 102 Å². The van der Waals surface area contributed by atoms with Crippen molar-refractivity contribution in [3.63, 3.8) is 0 Å². The Balaban J connectivity index is 1.92. The number of hydrogen-bond acceptors (Lipinski definition) is 3. The normalized spacial score (nSPS) is 15.9. The van der Waals surface area contributed by atoms with E-state index in [4.69, 9.17) is 4.99 Å². The maximum atomic E-state index is 9.39. The molecule has 0 fully saturated rings. The third-order valence-corrected chi connectivity index (χ3v) is 6.43.